The summed E-state index contributed by atoms with van der Waals surface area (Å²) in [6.07, 6.45) is -7.24. The van der Waals surface area contributed by atoms with E-state index >= 15 is 0 Å². The van der Waals surface area contributed by atoms with E-state index in [0.29, 0.717) is 24.3 Å². The van der Waals surface area contributed by atoms with Crippen LogP contribution in [0.1, 0.15) is 42.0 Å². The molecule has 2 N–H and O–H groups in total. The fourth-order valence-corrected chi connectivity index (χ4v) is 3.77. The maximum absolute atomic E-state index is 13.6. The van der Waals surface area contributed by atoms with E-state index in [1.807, 2.05) is 13.8 Å². The van der Waals surface area contributed by atoms with Crippen molar-refractivity contribution in [3.05, 3.63) is 77.7 Å². The number of fused-ring (bicyclic) bond motifs is 1. The number of amides is 1. The Kier molecular flexibility index (Phi) is 7.75. The molecule has 4 rings (SSSR count). The predicted molar refractivity (Wildman–Crippen MR) is 134 cm³/mol. The van der Waals surface area contributed by atoms with Crippen LogP contribution in [0.4, 0.5) is 37.8 Å². The lowest BCUT2D eigenvalue weighted by Gasteiger charge is -2.14. The summed E-state index contributed by atoms with van der Waals surface area (Å²) in [6.45, 7) is 4.32. The van der Waals surface area contributed by atoms with Gasteiger partial charge in [-0.2, -0.15) is 26.3 Å². The van der Waals surface area contributed by atoms with Crippen molar-refractivity contribution in [2.75, 3.05) is 11.9 Å². The van der Waals surface area contributed by atoms with Crippen LogP contribution < -0.4 is 10.6 Å². The first-order chi connectivity index (χ1) is 18.3. The highest BCUT2D eigenvalue weighted by molar-refractivity contribution is 5.98. The van der Waals surface area contributed by atoms with Crippen molar-refractivity contribution in [3.8, 4) is 11.3 Å². The molecule has 0 aliphatic heterocycles. The Hall–Kier alpha value is -4.22. The van der Waals surface area contributed by atoms with Crippen molar-refractivity contribution in [2.24, 2.45) is 5.92 Å². The topological polar surface area (TPSA) is 79.8 Å². The normalized spacial score (nSPS) is 12.1. The number of hydrogen-bond donors (Lipinski definition) is 2. The third-order valence-electron chi connectivity index (χ3n) is 5.77. The predicted octanol–water partition coefficient (Wildman–Crippen LogP) is 7.25. The van der Waals surface area contributed by atoms with E-state index in [4.69, 9.17) is 0 Å². The van der Waals surface area contributed by atoms with E-state index in [-0.39, 0.29) is 34.1 Å². The van der Waals surface area contributed by atoms with E-state index in [2.05, 4.69) is 25.6 Å². The van der Waals surface area contributed by atoms with Crippen molar-refractivity contribution in [1.82, 2.24) is 20.3 Å². The third kappa shape index (κ3) is 6.62. The summed E-state index contributed by atoms with van der Waals surface area (Å²) in [6, 6.07) is 10.5. The monoisotopic (exact) mass is 547 g/mol. The molecule has 4 aromatic rings. The van der Waals surface area contributed by atoms with Crippen LogP contribution in [0.15, 0.2) is 60.8 Å². The number of benzene rings is 2. The molecule has 0 aliphatic rings. The molecule has 0 radical (unpaired) electrons. The number of carbonyl (C=O) groups excluding carboxylic acids is 1. The molecule has 2 heterocycles. The number of nitrogens with one attached hydrogen (secondary N) is 2. The van der Waals surface area contributed by atoms with E-state index in [1.165, 1.54) is 42.6 Å². The third-order valence-corrected chi connectivity index (χ3v) is 5.77. The molecule has 2 aromatic heterocycles. The van der Waals surface area contributed by atoms with Gasteiger partial charge in [-0.15, -0.1) is 0 Å². The molecule has 2 aromatic carbocycles. The minimum Gasteiger partial charge on any atom is -0.349 e. The number of aromatic nitrogens is 3. The van der Waals surface area contributed by atoms with E-state index in [1.54, 1.807) is 0 Å². The minimum atomic E-state index is -4.65. The highest BCUT2D eigenvalue weighted by atomic mass is 19.4. The number of carbonyl (C=O) groups is 1. The van der Waals surface area contributed by atoms with Crippen molar-refractivity contribution in [2.45, 2.75) is 32.6 Å². The van der Waals surface area contributed by atoms with Crippen molar-refractivity contribution in [1.29, 1.82) is 0 Å². The van der Waals surface area contributed by atoms with E-state index in [0.717, 1.165) is 18.2 Å². The molecular formula is C27H23F6N5O. The number of pyridine rings is 1. The Morgan fingerprint density at radius 3 is 2.28 bits per heavy atom. The van der Waals surface area contributed by atoms with Gasteiger partial charge in [0.1, 0.15) is 5.82 Å². The lowest BCUT2D eigenvalue weighted by Crippen LogP contribution is -2.27. The Labute approximate surface area is 219 Å². The van der Waals surface area contributed by atoms with Gasteiger partial charge in [0.2, 0.25) is 5.82 Å². The first-order valence-electron chi connectivity index (χ1n) is 11.9. The van der Waals surface area contributed by atoms with Gasteiger partial charge in [-0.3, -0.25) is 9.78 Å². The molecule has 6 nitrogen and oxygen atoms in total. The Morgan fingerprint density at radius 1 is 0.923 bits per heavy atom. The fraction of sp³-hybridized carbons (Fsp3) is 0.259. The van der Waals surface area contributed by atoms with Crippen molar-refractivity contribution >= 4 is 28.3 Å². The highest BCUT2D eigenvalue weighted by Crippen LogP contribution is 2.37. The van der Waals surface area contributed by atoms with Gasteiger partial charge in [-0.05, 0) is 60.9 Å². The first-order valence-corrected chi connectivity index (χ1v) is 11.9. The number of alkyl halides is 6. The van der Waals surface area contributed by atoms with E-state index in [9.17, 15) is 31.1 Å². The van der Waals surface area contributed by atoms with Crippen LogP contribution in [0, 0.1) is 5.92 Å². The second-order valence-corrected chi connectivity index (χ2v) is 9.16. The lowest BCUT2D eigenvalue weighted by atomic mass is 10.0. The Morgan fingerprint density at radius 2 is 1.64 bits per heavy atom. The molecule has 0 unspecified atom stereocenters. The van der Waals surface area contributed by atoms with Gasteiger partial charge in [0.25, 0.3) is 5.91 Å². The van der Waals surface area contributed by atoms with Gasteiger partial charge in [-0.25, -0.2) is 9.97 Å². The summed E-state index contributed by atoms with van der Waals surface area (Å²) >= 11 is 0. The first kappa shape index (κ1) is 27.8. The molecule has 0 saturated carbocycles. The van der Waals surface area contributed by atoms with Gasteiger partial charge in [0, 0.05) is 29.4 Å². The zero-order valence-electron chi connectivity index (χ0n) is 20.8. The highest BCUT2D eigenvalue weighted by Gasteiger charge is 2.34. The van der Waals surface area contributed by atoms with Gasteiger partial charge < -0.3 is 10.6 Å². The van der Waals surface area contributed by atoms with Crippen LogP contribution in [0.3, 0.4) is 0 Å². The second kappa shape index (κ2) is 10.9. The lowest BCUT2D eigenvalue weighted by molar-refractivity contribution is -0.138. The minimum absolute atomic E-state index is 0.0948. The molecule has 0 saturated heterocycles. The molecule has 0 fully saturated rings. The summed E-state index contributed by atoms with van der Waals surface area (Å²) in [5.74, 6) is -0.442. The molecule has 0 bridgehead atoms. The molecular weight excluding hydrogens is 524 g/mol. The smallest absolute Gasteiger partial charge is 0.349 e. The summed E-state index contributed by atoms with van der Waals surface area (Å²) in [4.78, 5) is 25.3. The van der Waals surface area contributed by atoms with E-state index < -0.39 is 29.4 Å². The number of anilines is 2. The van der Waals surface area contributed by atoms with Crippen LogP contribution in [0.2, 0.25) is 0 Å². The van der Waals surface area contributed by atoms with Crippen molar-refractivity contribution in [3.63, 3.8) is 0 Å². The number of rotatable bonds is 7. The van der Waals surface area contributed by atoms with Crippen LogP contribution in [-0.2, 0) is 12.4 Å². The summed E-state index contributed by atoms with van der Waals surface area (Å²) in [5, 5.41) is 5.94. The second-order valence-electron chi connectivity index (χ2n) is 9.16. The van der Waals surface area contributed by atoms with Crippen LogP contribution in [0.25, 0.3) is 22.2 Å². The van der Waals surface area contributed by atoms with Crippen molar-refractivity contribution < 1.29 is 31.1 Å². The summed E-state index contributed by atoms with van der Waals surface area (Å²) in [5.41, 5.74) is -1.59. The molecule has 1 amide bonds. The average molecular weight is 548 g/mol. The van der Waals surface area contributed by atoms with Crippen LogP contribution in [-0.4, -0.2) is 27.4 Å². The molecule has 12 heteroatoms. The zero-order valence-corrected chi connectivity index (χ0v) is 20.8. The van der Waals surface area contributed by atoms with Gasteiger partial charge >= 0.3 is 12.4 Å². The molecule has 0 aliphatic carbocycles. The average Bonchev–Trinajstić information content (AvgIpc) is 2.87. The summed E-state index contributed by atoms with van der Waals surface area (Å²) < 4.78 is 79.7. The Bertz CT molecular complexity index is 1480. The standard InChI is InChI=1S/C27H23F6N5O/c1-15(2)11-13-35-25(39)24-37-21-14-16(22-20(27(31,32)33)4-3-12-34-22)5-10-19(21)23(38-24)36-18-8-6-17(7-9-18)26(28,29)30/h3-10,12,14-15H,11,13H2,1-2H3,(H,35,39)(H,36,37,38). The quantitative estimate of drug-likeness (QED) is 0.238. The fourth-order valence-electron chi connectivity index (χ4n) is 3.77. The largest absolute Gasteiger partial charge is 0.418 e. The Balaban J connectivity index is 1.79. The van der Waals surface area contributed by atoms with Crippen LogP contribution in [0.5, 0.6) is 0 Å². The number of hydrogen-bond acceptors (Lipinski definition) is 5. The molecule has 204 valence electrons. The SMILES string of the molecule is CC(C)CCNC(=O)c1nc(Nc2ccc(C(F)(F)F)cc2)c2ccc(-c3ncccc3C(F)(F)F)cc2n1. The van der Waals surface area contributed by atoms with Gasteiger partial charge in [-0.1, -0.05) is 19.9 Å². The van der Waals surface area contributed by atoms with Crippen LogP contribution >= 0.6 is 0 Å². The number of halogens is 6. The summed E-state index contributed by atoms with van der Waals surface area (Å²) in [7, 11) is 0. The van der Waals surface area contributed by atoms with Gasteiger partial charge in [0.15, 0.2) is 0 Å². The van der Waals surface area contributed by atoms with Gasteiger partial charge in [0.05, 0.1) is 22.3 Å². The zero-order chi connectivity index (χ0) is 28.4. The molecule has 0 spiro atoms. The maximum Gasteiger partial charge on any atom is 0.418 e. The maximum atomic E-state index is 13.6. The molecule has 39 heavy (non-hydrogen) atoms. The molecule has 0 atom stereocenters. The number of nitrogens with zero attached hydrogens (tertiary/aromatic N) is 3.